The van der Waals surface area contributed by atoms with Gasteiger partial charge in [0.1, 0.15) is 5.01 Å². The van der Waals surface area contributed by atoms with Gasteiger partial charge in [-0.2, -0.15) is 0 Å². The fourth-order valence-electron chi connectivity index (χ4n) is 1.80. The highest BCUT2D eigenvalue weighted by Crippen LogP contribution is 2.23. The molecule has 0 aliphatic heterocycles. The van der Waals surface area contributed by atoms with Gasteiger partial charge < -0.3 is 15.3 Å². The zero-order valence-corrected chi connectivity index (χ0v) is 14.6. The molecule has 5 nitrogen and oxygen atoms in total. The Morgan fingerprint density at radius 2 is 2.05 bits per heavy atom. The van der Waals surface area contributed by atoms with Crippen LogP contribution in [0.4, 0.5) is 4.79 Å². The molecule has 0 aliphatic carbocycles. The van der Waals surface area contributed by atoms with Crippen LogP contribution in [0.25, 0.3) is 0 Å². The Bertz CT molecular complexity index is 464. The quantitative estimate of drug-likeness (QED) is 0.878. The monoisotopic (exact) mass is 313 g/mol. The van der Waals surface area contributed by atoms with E-state index >= 15 is 0 Å². The Balaban J connectivity index is 2.61. The molecular weight excluding hydrogens is 286 g/mol. The molecule has 2 amide bonds. The van der Waals surface area contributed by atoms with Crippen LogP contribution < -0.4 is 5.32 Å². The molecule has 21 heavy (non-hydrogen) atoms. The number of nitrogens with zero attached hydrogens (tertiary/aromatic N) is 2. The summed E-state index contributed by atoms with van der Waals surface area (Å²) in [6.45, 7) is 12.6. The lowest BCUT2D eigenvalue weighted by molar-refractivity contribution is 0.118. The molecule has 2 N–H and O–H groups in total. The van der Waals surface area contributed by atoms with Gasteiger partial charge >= 0.3 is 6.03 Å². The largest absolute Gasteiger partial charge is 0.392 e. The predicted octanol–water partition coefficient (Wildman–Crippen LogP) is 2.74. The van der Waals surface area contributed by atoms with Crippen LogP contribution in [0.3, 0.4) is 0 Å². The number of thiazole rings is 1. The van der Waals surface area contributed by atoms with Gasteiger partial charge in [-0.25, -0.2) is 9.78 Å². The van der Waals surface area contributed by atoms with Crippen molar-refractivity contribution in [3.8, 4) is 0 Å². The summed E-state index contributed by atoms with van der Waals surface area (Å²) in [5.41, 5.74) is 1.07. The lowest BCUT2D eigenvalue weighted by atomic mass is 9.93. The number of aliphatic hydroxyl groups excluding tert-OH is 1. The van der Waals surface area contributed by atoms with Gasteiger partial charge in [0.25, 0.3) is 0 Å². The fraction of sp³-hybridized carbons (Fsp3) is 0.733. The lowest BCUT2D eigenvalue weighted by Crippen LogP contribution is -2.46. The van der Waals surface area contributed by atoms with Gasteiger partial charge in [0.15, 0.2) is 0 Å². The van der Waals surface area contributed by atoms with Crippen LogP contribution in [-0.2, 0) is 12.0 Å². The van der Waals surface area contributed by atoms with Gasteiger partial charge in [0.2, 0.25) is 0 Å². The van der Waals surface area contributed by atoms with Gasteiger partial charge in [-0.15, -0.1) is 11.3 Å². The third kappa shape index (κ3) is 5.63. The van der Waals surface area contributed by atoms with E-state index in [0.717, 1.165) is 10.7 Å². The average molecular weight is 313 g/mol. The smallest absolute Gasteiger partial charge is 0.318 e. The normalized spacial score (nSPS) is 13.3. The van der Waals surface area contributed by atoms with Crippen molar-refractivity contribution in [1.29, 1.82) is 0 Å². The van der Waals surface area contributed by atoms with E-state index in [1.165, 1.54) is 0 Å². The fourth-order valence-corrected chi connectivity index (χ4v) is 2.76. The Morgan fingerprint density at radius 1 is 1.43 bits per heavy atom. The van der Waals surface area contributed by atoms with Crippen LogP contribution in [0.2, 0.25) is 0 Å². The first-order valence-electron chi connectivity index (χ1n) is 7.28. The summed E-state index contributed by atoms with van der Waals surface area (Å²) >= 11 is 1.56. The molecule has 6 heteroatoms. The molecule has 0 saturated carbocycles. The minimum atomic E-state index is -0.537. The first-order chi connectivity index (χ1) is 9.61. The number of carbonyl (C=O) groups is 1. The summed E-state index contributed by atoms with van der Waals surface area (Å²) in [5, 5.41) is 15.3. The second-order valence-corrected chi connectivity index (χ2v) is 7.57. The summed E-state index contributed by atoms with van der Waals surface area (Å²) in [6.07, 6.45) is -0.537. The Morgan fingerprint density at radius 3 is 2.48 bits per heavy atom. The topological polar surface area (TPSA) is 65.5 Å². The maximum absolute atomic E-state index is 12.2. The summed E-state index contributed by atoms with van der Waals surface area (Å²) in [7, 11) is 0. The zero-order valence-electron chi connectivity index (χ0n) is 13.8. The van der Waals surface area contributed by atoms with Crippen LogP contribution in [0, 0.1) is 0 Å². The SMILES string of the molecule is CC(O)CN(C(=O)NCc1nc(C(C)(C)C)cs1)C(C)C. The maximum Gasteiger partial charge on any atom is 0.318 e. The van der Waals surface area contributed by atoms with Crippen LogP contribution in [0.15, 0.2) is 5.38 Å². The molecule has 1 aromatic rings. The van der Waals surface area contributed by atoms with Crippen molar-refractivity contribution in [2.24, 2.45) is 0 Å². The number of aromatic nitrogens is 1. The van der Waals surface area contributed by atoms with E-state index in [-0.39, 0.29) is 17.5 Å². The van der Waals surface area contributed by atoms with Gasteiger partial charge in [-0.1, -0.05) is 20.8 Å². The van der Waals surface area contributed by atoms with Crippen molar-refractivity contribution < 1.29 is 9.90 Å². The Hall–Kier alpha value is -1.14. The number of aliphatic hydroxyl groups is 1. The number of urea groups is 1. The number of nitrogens with one attached hydrogen (secondary N) is 1. The predicted molar refractivity (Wildman–Crippen MR) is 86.6 cm³/mol. The van der Waals surface area contributed by atoms with E-state index < -0.39 is 6.10 Å². The molecule has 0 radical (unpaired) electrons. The van der Waals surface area contributed by atoms with E-state index in [2.05, 4.69) is 31.1 Å². The molecule has 1 rings (SSSR count). The second kappa shape index (κ2) is 7.22. The second-order valence-electron chi connectivity index (χ2n) is 6.63. The van der Waals surface area contributed by atoms with Crippen molar-refractivity contribution >= 4 is 17.4 Å². The maximum atomic E-state index is 12.2. The van der Waals surface area contributed by atoms with E-state index in [1.807, 2.05) is 19.2 Å². The first-order valence-corrected chi connectivity index (χ1v) is 8.16. The molecule has 0 fully saturated rings. The molecule has 0 aliphatic rings. The minimum Gasteiger partial charge on any atom is -0.392 e. The van der Waals surface area contributed by atoms with Crippen LogP contribution in [0.5, 0.6) is 0 Å². The van der Waals surface area contributed by atoms with Gasteiger partial charge in [-0.05, 0) is 20.8 Å². The standard InChI is InChI=1S/C15H27N3O2S/c1-10(2)18(8-11(3)19)14(20)16-7-13-17-12(9-21-13)15(4,5)6/h9-11,19H,7-8H2,1-6H3,(H,16,20). The van der Waals surface area contributed by atoms with Crippen molar-refractivity contribution in [3.05, 3.63) is 16.1 Å². The summed E-state index contributed by atoms with van der Waals surface area (Å²) < 4.78 is 0. The number of hydrogen-bond donors (Lipinski definition) is 2. The van der Waals surface area contributed by atoms with E-state index in [4.69, 9.17) is 0 Å². The first kappa shape index (κ1) is 17.9. The van der Waals surface area contributed by atoms with Crippen LogP contribution in [0.1, 0.15) is 52.2 Å². The number of rotatable bonds is 5. The van der Waals surface area contributed by atoms with Crippen molar-refractivity contribution in [2.75, 3.05) is 6.54 Å². The van der Waals surface area contributed by atoms with Gasteiger partial charge in [0, 0.05) is 23.4 Å². The third-order valence-electron chi connectivity index (χ3n) is 3.06. The molecule has 1 heterocycles. The van der Waals surface area contributed by atoms with Gasteiger partial charge in [0.05, 0.1) is 18.3 Å². The molecule has 1 aromatic heterocycles. The Labute approximate surface area is 131 Å². The lowest BCUT2D eigenvalue weighted by Gasteiger charge is -2.28. The molecule has 1 unspecified atom stereocenters. The molecule has 0 bridgehead atoms. The molecule has 120 valence electrons. The summed E-state index contributed by atoms with van der Waals surface area (Å²) in [4.78, 5) is 18.4. The van der Waals surface area contributed by atoms with Gasteiger partial charge in [-0.3, -0.25) is 0 Å². The van der Waals surface area contributed by atoms with Crippen molar-refractivity contribution in [1.82, 2.24) is 15.2 Å². The average Bonchev–Trinajstić information content (AvgIpc) is 2.81. The molecule has 0 aromatic carbocycles. The van der Waals surface area contributed by atoms with Crippen LogP contribution in [-0.4, -0.2) is 39.7 Å². The minimum absolute atomic E-state index is 0.0229. The van der Waals surface area contributed by atoms with E-state index in [1.54, 1.807) is 23.2 Å². The number of amides is 2. The van der Waals surface area contributed by atoms with Crippen LogP contribution >= 0.6 is 11.3 Å². The number of hydrogen-bond acceptors (Lipinski definition) is 4. The molecule has 0 saturated heterocycles. The molecular formula is C15H27N3O2S. The highest BCUT2D eigenvalue weighted by Gasteiger charge is 2.20. The van der Waals surface area contributed by atoms with Crippen molar-refractivity contribution in [3.63, 3.8) is 0 Å². The Kier molecular flexibility index (Phi) is 6.16. The molecule has 1 atom stereocenters. The molecule has 0 spiro atoms. The summed E-state index contributed by atoms with van der Waals surface area (Å²) in [6, 6.07) is -0.126. The third-order valence-corrected chi connectivity index (χ3v) is 3.90. The summed E-state index contributed by atoms with van der Waals surface area (Å²) in [5.74, 6) is 0. The van der Waals surface area contributed by atoms with E-state index in [0.29, 0.717) is 13.1 Å². The zero-order chi connectivity index (χ0) is 16.2. The highest BCUT2D eigenvalue weighted by molar-refractivity contribution is 7.09. The van der Waals surface area contributed by atoms with E-state index in [9.17, 15) is 9.90 Å². The van der Waals surface area contributed by atoms with Crippen molar-refractivity contribution in [2.45, 2.75) is 65.6 Å². The highest BCUT2D eigenvalue weighted by atomic mass is 32.1. The number of carbonyl (C=O) groups excluding carboxylic acids is 1.